The highest BCUT2D eigenvalue weighted by molar-refractivity contribution is 6.30. The summed E-state index contributed by atoms with van der Waals surface area (Å²) < 4.78 is 1.80. The maximum Gasteiger partial charge on any atom is 0.253 e. The number of aryl methyl sites for hydroxylation is 1. The normalized spacial score (nSPS) is 16.6. The molecule has 1 saturated heterocycles. The molecule has 2 aromatic carbocycles. The van der Waals surface area contributed by atoms with Crippen LogP contribution >= 0.6 is 11.6 Å². The fraction of sp³-hybridized carbons (Fsp3) is 0.250. The smallest absolute Gasteiger partial charge is 0.253 e. The van der Waals surface area contributed by atoms with Crippen LogP contribution in [0.15, 0.2) is 60.9 Å². The molecule has 1 aliphatic rings. The van der Waals surface area contributed by atoms with Crippen molar-refractivity contribution < 1.29 is 4.79 Å². The van der Waals surface area contributed by atoms with Crippen molar-refractivity contribution in [3.63, 3.8) is 0 Å². The number of halogens is 1. The van der Waals surface area contributed by atoms with Crippen molar-refractivity contribution >= 4 is 23.3 Å². The van der Waals surface area contributed by atoms with Crippen molar-refractivity contribution in [2.75, 3.05) is 13.1 Å². The first-order valence-corrected chi connectivity index (χ1v) is 10.8. The van der Waals surface area contributed by atoms with Crippen LogP contribution in [0, 0.1) is 6.92 Å². The van der Waals surface area contributed by atoms with Crippen LogP contribution < -0.4 is 0 Å². The van der Waals surface area contributed by atoms with Crippen LogP contribution in [-0.2, 0) is 0 Å². The van der Waals surface area contributed by atoms with Crippen molar-refractivity contribution in [2.24, 2.45) is 0 Å². The average molecular weight is 432 g/mol. The van der Waals surface area contributed by atoms with E-state index in [9.17, 15) is 4.79 Å². The number of carbonyl (C=O) groups excluding carboxylic acids is 1. The van der Waals surface area contributed by atoms with Crippen LogP contribution in [-0.4, -0.2) is 43.5 Å². The van der Waals surface area contributed by atoms with E-state index in [4.69, 9.17) is 11.6 Å². The fourth-order valence-electron chi connectivity index (χ4n) is 4.31. The van der Waals surface area contributed by atoms with Gasteiger partial charge < -0.3 is 4.90 Å². The van der Waals surface area contributed by atoms with E-state index < -0.39 is 0 Å². The summed E-state index contributed by atoms with van der Waals surface area (Å²) in [6, 6.07) is 17.5. The number of nitrogens with zero attached hydrogens (tertiary/aromatic N) is 5. The van der Waals surface area contributed by atoms with Crippen molar-refractivity contribution in [2.45, 2.75) is 25.7 Å². The Kier molecular flexibility index (Phi) is 5.16. The lowest BCUT2D eigenvalue weighted by Gasteiger charge is -2.33. The van der Waals surface area contributed by atoms with Gasteiger partial charge in [0.15, 0.2) is 0 Å². The average Bonchev–Trinajstić information content (AvgIpc) is 3.26. The molecule has 2 aromatic heterocycles. The number of likely N-dealkylation sites (tertiary alicyclic amines) is 1. The number of aromatic nitrogens is 4. The Bertz CT molecular complexity index is 1250. The largest absolute Gasteiger partial charge is 0.338 e. The topological polar surface area (TPSA) is 63.4 Å². The van der Waals surface area contributed by atoms with Gasteiger partial charge >= 0.3 is 0 Å². The Morgan fingerprint density at radius 1 is 1.10 bits per heavy atom. The van der Waals surface area contributed by atoms with Crippen LogP contribution in [0.5, 0.6) is 0 Å². The number of rotatable bonds is 3. The predicted molar refractivity (Wildman–Crippen MR) is 120 cm³/mol. The van der Waals surface area contributed by atoms with E-state index in [1.807, 2.05) is 60.4 Å². The van der Waals surface area contributed by atoms with Gasteiger partial charge in [0.2, 0.25) is 0 Å². The van der Waals surface area contributed by atoms with Crippen molar-refractivity contribution in [1.82, 2.24) is 24.5 Å². The lowest BCUT2D eigenvalue weighted by molar-refractivity contribution is 0.0705. The highest BCUT2D eigenvalue weighted by Crippen LogP contribution is 2.29. The number of hydrogen-bond donors (Lipinski definition) is 0. The summed E-state index contributed by atoms with van der Waals surface area (Å²) >= 11 is 6.11. The molecule has 6 nitrogen and oxygen atoms in total. The molecule has 0 bridgehead atoms. The maximum absolute atomic E-state index is 13.2. The van der Waals surface area contributed by atoms with Crippen LogP contribution in [0.3, 0.4) is 0 Å². The Balaban J connectivity index is 1.36. The lowest BCUT2D eigenvalue weighted by Crippen LogP contribution is -2.39. The van der Waals surface area contributed by atoms with E-state index in [2.05, 4.69) is 21.1 Å². The first-order valence-electron chi connectivity index (χ1n) is 10.4. The molecule has 156 valence electrons. The molecule has 0 aliphatic carbocycles. The molecule has 5 rings (SSSR count). The summed E-state index contributed by atoms with van der Waals surface area (Å²) in [6.45, 7) is 3.38. The molecule has 0 saturated carbocycles. The van der Waals surface area contributed by atoms with E-state index in [1.165, 1.54) is 6.33 Å². The van der Waals surface area contributed by atoms with Gasteiger partial charge in [0.1, 0.15) is 6.33 Å². The number of fused-ring (bicyclic) bond motifs is 1. The summed E-state index contributed by atoms with van der Waals surface area (Å²) in [5.74, 6) is 0.868. The maximum atomic E-state index is 13.2. The third-order valence-electron chi connectivity index (χ3n) is 5.82. The second-order valence-corrected chi connectivity index (χ2v) is 8.41. The Morgan fingerprint density at radius 3 is 2.74 bits per heavy atom. The zero-order valence-electron chi connectivity index (χ0n) is 17.2. The van der Waals surface area contributed by atoms with E-state index in [0.29, 0.717) is 22.9 Å². The van der Waals surface area contributed by atoms with Crippen molar-refractivity contribution in [3.8, 4) is 11.1 Å². The SMILES string of the molecule is Cc1cc(C2CCCN(C(=O)c3ccc(-c4cccc(Cl)c4)cc3)C2)n2ncnc2n1. The molecule has 1 aliphatic heterocycles. The molecular formula is C24H22ClN5O. The van der Waals surface area contributed by atoms with Gasteiger partial charge in [0, 0.05) is 35.3 Å². The van der Waals surface area contributed by atoms with Gasteiger partial charge in [-0.1, -0.05) is 35.9 Å². The molecule has 3 heterocycles. The highest BCUT2D eigenvalue weighted by atomic mass is 35.5. The van der Waals surface area contributed by atoms with Crippen molar-refractivity contribution in [3.05, 3.63) is 82.9 Å². The van der Waals surface area contributed by atoms with Gasteiger partial charge in [0.05, 0.1) is 5.69 Å². The summed E-state index contributed by atoms with van der Waals surface area (Å²) in [5, 5.41) is 5.04. The minimum Gasteiger partial charge on any atom is -0.338 e. The Hall–Kier alpha value is -3.25. The Morgan fingerprint density at radius 2 is 1.94 bits per heavy atom. The minimum absolute atomic E-state index is 0.0583. The molecule has 1 amide bonds. The summed E-state index contributed by atoms with van der Waals surface area (Å²) in [5.41, 5.74) is 4.75. The second kappa shape index (κ2) is 8.12. The quantitative estimate of drug-likeness (QED) is 0.468. The molecule has 1 unspecified atom stereocenters. The molecule has 7 heteroatoms. The van der Waals surface area contributed by atoms with Crippen LogP contribution in [0.1, 0.15) is 40.5 Å². The van der Waals surface area contributed by atoms with Gasteiger partial charge in [0.25, 0.3) is 11.7 Å². The second-order valence-electron chi connectivity index (χ2n) is 7.97. The standard InChI is InChI=1S/C24H22ClN5O/c1-16-12-22(30-24(28-16)26-15-27-30)20-5-3-11-29(14-20)23(31)18-9-7-17(8-10-18)19-4-2-6-21(25)13-19/h2,4,6-10,12-13,15,20H,3,5,11,14H2,1H3. The van der Waals surface area contributed by atoms with Gasteiger partial charge in [-0.15, -0.1) is 0 Å². The fourth-order valence-corrected chi connectivity index (χ4v) is 4.50. The van der Waals surface area contributed by atoms with E-state index in [1.54, 1.807) is 4.52 Å². The first kappa shape index (κ1) is 19.7. The molecule has 1 atom stereocenters. The van der Waals surface area contributed by atoms with E-state index >= 15 is 0 Å². The van der Waals surface area contributed by atoms with E-state index in [0.717, 1.165) is 41.9 Å². The molecule has 4 aromatic rings. The minimum atomic E-state index is 0.0583. The summed E-state index contributed by atoms with van der Waals surface area (Å²) in [6.07, 6.45) is 3.49. The van der Waals surface area contributed by atoms with Crippen LogP contribution in [0.4, 0.5) is 0 Å². The van der Waals surface area contributed by atoms with Gasteiger partial charge in [-0.2, -0.15) is 10.1 Å². The number of piperidine rings is 1. The molecular weight excluding hydrogens is 410 g/mol. The molecule has 0 spiro atoms. The summed E-state index contributed by atoms with van der Waals surface area (Å²) in [7, 11) is 0. The third kappa shape index (κ3) is 3.91. The van der Waals surface area contributed by atoms with Crippen LogP contribution in [0.2, 0.25) is 5.02 Å². The zero-order valence-corrected chi connectivity index (χ0v) is 18.0. The number of carbonyl (C=O) groups is 1. The van der Waals surface area contributed by atoms with Gasteiger partial charge in [-0.3, -0.25) is 4.79 Å². The van der Waals surface area contributed by atoms with Gasteiger partial charge in [-0.05, 0) is 61.2 Å². The number of amides is 1. The predicted octanol–water partition coefficient (Wildman–Crippen LogP) is 4.77. The van der Waals surface area contributed by atoms with E-state index in [-0.39, 0.29) is 11.8 Å². The van der Waals surface area contributed by atoms with Gasteiger partial charge in [-0.25, -0.2) is 9.50 Å². The lowest BCUT2D eigenvalue weighted by atomic mass is 9.93. The molecule has 0 N–H and O–H groups in total. The molecule has 0 radical (unpaired) electrons. The number of hydrogen-bond acceptors (Lipinski definition) is 4. The van der Waals surface area contributed by atoms with Crippen molar-refractivity contribution in [1.29, 1.82) is 0 Å². The molecule has 1 fully saturated rings. The summed E-state index contributed by atoms with van der Waals surface area (Å²) in [4.78, 5) is 23.8. The molecule has 31 heavy (non-hydrogen) atoms. The van der Waals surface area contributed by atoms with Crippen LogP contribution in [0.25, 0.3) is 16.9 Å². The third-order valence-corrected chi connectivity index (χ3v) is 6.06. The first-order chi connectivity index (χ1) is 15.1. The zero-order chi connectivity index (χ0) is 21.4. The Labute approximate surface area is 185 Å². The highest BCUT2D eigenvalue weighted by Gasteiger charge is 2.27. The monoisotopic (exact) mass is 431 g/mol. The number of benzene rings is 2.